The van der Waals surface area contributed by atoms with Gasteiger partial charge in [-0.15, -0.1) is 0 Å². The molecule has 0 saturated carbocycles. The number of fused-ring (bicyclic) bond motifs is 1. The van der Waals surface area contributed by atoms with Crippen LogP contribution in [0.4, 0.5) is 0 Å². The van der Waals surface area contributed by atoms with E-state index in [9.17, 15) is 0 Å². The van der Waals surface area contributed by atoms with Crippen LogP contribution in [0.15, 0.2) is 22.7 Å². The van der Waals surface area contributed by atoms with Gasteiger partial charge in [0.05, 0.1) is 25.1 Å². The van der Waals surface area contributed by atoms with Crippen LogP contribution in [-0.2, 0) is 0 Å². The van der Waals surface area contributed by atoms with Gasteiger partial charge in [-0.25, -0.2) is 0 Å². The highest BCUT2D eigenvalue weighted by Crippen LogP contribution is 2.26. The maximum atomic E-state index is 5.16. The Bertz CT molecular complexity index is 502. The van der Waals surface area contributed by atoms with Gasteiger partial charge >= 0.3 is 6.01 Å². The van der Waals surface area contributed by atoms with Crippen molar-refractivity contribution in [2.45, 2.75) is 0 Å². The smallest absolute Gasteiger partial charge is 0.320 e. The minimum Gasteiger partial charge on any atom is -0.480 e. The van der Waals surface area contributed by atoms with Crippen LogP contribution in [-0.4, -0.2) is 24.2 Å². The number of halogens is 1. The van der Waals surface area contributed by atoms with Crippen molar-refractivity contribution in [1.82, 2.24) is 9.97 Å². The molecule has 0 atom stereocenters. The first kappa shape index (κ1) is 10.2. The van der Waals surface area contributed by atoms with Gasteiger partial charge in [0.1, 0.15) is 0 Å². The summed E-state index contributed by atoms with van der Waals surface area (Å²) in [6.07, 6.45) is 0. The maximum absolute atomic E-state index is 5.16. The molecule has 0 saturated heterocycles. The highest BCUT2D eigenvalue weighted by atomic mass is 79.9. The normalized spacial score (nSPS) is 10.3. The summed E-state index contributed by atoms with van der Waals surface area (Å²) in [5, 5.41) is 0.863. The van der Waals surface area contributed by atoms with E-state index in [1.54, 1.807) is 7.11 Å². The third-order valence-electron chi connectivity index (χ3n) is 1.98. The van der Waals surface area contributed by atoms with E-state index in [-0.39, 0.29) is 0 Å². The number of methoxy groups -OCH3 is 2. The Kier molecular flexibility index (Phi) is 2.73. The summed E-state index contributed by atoms with van der Waals surface area (Å²) in [7, 11) is 3.10. The summed E-state index contributed by atoms with van der Waals surface area (Å²) in [6, 6.07) is 6.01. The van der Waals surface area contributed by atoms with Gasteiger partial charge in [0, 0.05) is 4.47 Å². The Balaban J connectivity index is 2.74. The summed E-state index contributed by atoms with van der Waals surface area (Å²) in [5.74, 6) is 0.518. The van der Waals surface area contributed by atoms with Gasteiger partial charge < -0.3 is 9.47 Å². The lowest BCUT2D eigenvalue weighted by Crippen LogP contribution is -1.96. The molecule has 0 aliphatic carbocycles. The number of benzene rings is 1. The summed E-state index contributed by atoms with van der Waals surface area (Å²) < 4.78 is 11.1. The zero-order chi connectivity index (χ0) is 10.8. The molecule has 2 aromatic rings. The highest BCUT2D eigenvalue weighted by molar-refractivity contribution is 9.10. The molecule has 0 unspecified atom stereocenters. The van der Waals surface area contributed by atoms with Gasteiger partial charge in [-0.3, -0.25) is 0 Å². The van der Waals surface area contributed by atoms with E-state index in [2.05, 4.69) is 25.9 Å². The molecule has 0 aliphatic rings. The number of aromatic nitrogens is 2. The van der Waals surface area contributed by atoms with E-state index >= 15 is 0 Å². The Hall–Kier alpha value is -1.36. The molecular formula is C10H9BrN2O2. The van der Waals surface area contributed by atoms with E-state index in [0.717, 1.165) is 15.4 Å². The van der Waals surface area contributed by atoms with Crippen molar-refractivity contribution in [2.24, 2.45) is 0 Å². The molecule has 15 heavy (non-hydrogen) atoms. The third-order valence-corrected chi connectivity index (χ3v) is 2.47. The van der Waals surface area contributed by atoms with E-state index in [1.165, 1.54) is 7.11 Å². The van der Waals surface area contributed by atoms with Crippen LogP contribution < -0.4 is 9.47 Å². The first-order chi connectivity index (χ1) is 7.24. The van der Waals surface area contributed by atoms with E-state index in [4.69, 9.17) is 9.47 Å². The minimum atomic E-state index is 0.303. The fraction of sp³-hybridized carbons (Fsp3) is 0.200. The first-order valence-corrected chi connectivity index (χ1v) is 5.09. The summed E-state index contributed by atoms with van der Waals surface area (Å²) in [6.45, 7) is 0. The van der Waals surface area contributed by atoms with Crippen molar-refractivity contribution in [2.75, 3.05) is 14.2 Å². The zero-order valence-electron chi connectivity index (χ0n) is 8.32. The van der Waals surface area contributed by atoms with Gasteiger partial charge in [0.15, 0.2) is 0 Å². The SMILES string of the molecule is COc1nc(OC)c2ccc(Br)cc2n1. The quantitative estimate of drug-likeness (QED) is 0.839. The molecule has 4 nitrogen and oxygen atoms in total. The molecule has 5 heteroatoms. The zero-order valence-corrected chi connectivity index (χ0v) is 9.91. The molecule has 1 heterocycles. The monoisotopic (exact) mass is 268 g/mol. The Morgan fingerprint density at radius 3 is 2.60 bits per heavy atom. The molecule has 0 aliphatic heterocycles. The van der Waals surface area contributed by atoms with Crippen molar-refractivity contribution >= 4 is 26.8 Å². The van der Waals surface area contributed by atoms with Crippen LogP contribution in [0, 0.1) is 0 Å². The van der Waals surface area contributed by atoms with E-state index in [0.29, 0.717) is 11.9 Å². The maximum Gasteiger partial charge on any atom is 0.320 e. The second-order valence-electron chi connectivity index (χ2n) is 2.88. The first-order valence-electron chi connectivity index (χ1n) is 4.30. The van der Waals surface area contributed by atoms with Crippen molar-refractivity contribution in [3.05, 3.63) is 22.7 Å². The summed E-state index contributed by atoms with van der Waals surface area (Å²) in [5.41, 5.74) is 0.785. The van der Waals surface area contributed by atoms with Gasteiger partial charge in [-0.2, -0.15) is 9.97 Å². The highest BCUT2D eigenvalue weighted by Gasteiger charge is 2.08. The van der Waals surface area contributed by atoms with Gasteiger partial charge in [0.25, 0.3) is 0 Å². The lowest BCUT2D eigenvalue weighted by Gasteiger charge is -2.06. The second kappa shape index (κ2) is 4.02. The van der Waals surface area contributed by atoms with Crippen LogP contribution in [0.2, 0.25) is 0 Å². The number of rotatable bonds is 2. The molecule has 1 aromatic carbocycles. The molecule has 0 radical (unpaired) electrons. The van der Waals surface area contributed by atoms with Crippen LogP contribution in [0.5, 0.6) is 11.9 Å². The molecular weight excluding hydrogens is 260 g/mol. The third kappa shape index (κ3) is 1.87. The van der Waals surface area contributed by atoms with Crippen molar-refractivity contribution in [3.8, 4) is 11.9 Å². The fourth-order valence-electron chi connectivity index (χ4n) is 1.30. The predicted molar refractivity (Wildman–Crippen MR) is 60.3 cm³/mol. The number of ether oxygens (including phenoxy) is 2. The predicted octanol–water partition coefficient (Wildman–Crippen LogP) is 2.41. The van der Waals surface area contributed by atoms with Crippen LogP contribution in [0.25, 0.3) is 10.9 Å². The average Bonchev–Trinajstić information content (AvgIpc) is 2.26. The molecule has 0 spiro atoms. The van der Waals surface area contributed by atoms with E-state index in [1.807, 2.05) is 18.2 Å². The molecule has 0 fully saturated rings. The summed E-state index contributed by atoms with van der Waals surface area (Å²) >= 11 is 3.38. The molecule has 0 N–H and O–H groups in total. The molecule has 2 rings (SSSR count). The number of nitrogens with zero attached hydrogens (tertiary/aromatic N) is 2. The lowest BCUT2D eigenvalue weighted by atomic mass is 10.2. The Morgan fingerprint density at radius 1 is 1.13 bits per heavy atom. The molecule has 78 valence electrons. The number of hydrogen-bond donors (Lipinski definition) is 0. The largest absolute Gasteiger partial charge is 0.480 e. The van der Waals surface area contributed by atoms with Crippen LogP contribution >= 0.6 is 15.9 Å². The summed E-state index contributed by atoms with van der Waals surface area (Å²) in [4.78, 5) is 8.32. The second-order valence-corrected chi connectivity index (χ2v) is 3.80. The standard InChI is InChI=1S/C10H9BrN2O2/c1-14-9-7-4-3-6(11)5-8(7)12-10(13-9)15-2/h3-5H,1-2H3. The van der Waals surface area contributed by atoms with Crippen molar-refractivity contribution in [3.63, 3.8) is 0 Å². The van der Waals surface area contributed by atoms with Gasteiger partial charge in [-0.1, -0.05) is 15.9 Å². The molecule has 0 bridgehead atoms. The van der Waals surface area contributed by atoms with E-state index < -0.39 is 0 Å². The fourth-order valence-corrected chi connectivity index (χ4v) is 1.65. The Labute approximate surface area is 95.4 Å². The Morgan fingerprint density at radius 2 is 1.93 bits per heavy atom. The van der Waals surface area contributed by atoms with Crippen LogP contribution in [0.3, 0.4) is 0 Å². The average molecular weight is 269 g/mol. The topological polar surface area (TPSA) is 44.2 Å². The number of hydrogen-bond acceptors (Lipinski definition) is 4. The van der Waals surface area contributed by atoms with Gasteiger partial charge in [0.2, 0.25) is 5.88 Å². The van der Waals surface area contributed by atoms with Gasteiger partial charge in [-0.05, 0) is 18.2 Å². The van der Waals surface area contributed by atoms with Crippen molar-refractivity contribution < 1.29 is 9.47 Å². The molecule has 1 aromatic heterocycles. The molecule has 0 amide bonds. The van der Waals surface area contributed by atoms with Crippen molar-refractivity contribution in [1.29, 1.82) is 0 Å². The minimum absolute atomic E-state index is 0.303. The van der Waals surface area contributed by atoms with Crippen LogP contribution in [0.1, 0.15) is 0 Å². The lowest BCUT2D eigenvalue weighted by molar-refractivity contribution is 0.357.